The van der Waals surface area contributed by atoms with E-state index in [2.05, 4.69) is 18.8 Å². The number of fused-ring (bicyclic) bond motifs is 1. The van der Waals surface area contributed by atoms with E-state index in [-0.39, 0.29) is 16.9 Å². The summed E-state index contributed by atoms with van der Waals surface area (Å²) in [7, 11) is 0. The van der Waals surface area contributed by atoms with Gasteiger partial charge < -0.3 is 4.90 Å². The van der Waals surface area contributed by atoms with E-state index < -0.39 is 5.92 Å². The first-order valence-corrected chi connectivity index (χ1v) is 10.1. The van der Waals surface area contributed by atoms with Gasteiger partial charge in [0.05, 0.1) is 17.3 Å². The van der Waals surface area contributed by atoms with Crippen LogP contribution in [0.15, 0.2) is 53.6 Å². The number of rotatable bonds is 2. The number of aliphatic imine (C=N–C) groups is 1. The summed E-state index contributed by atoms with van der Waals surface area (Å²) in [6.07, 6.45) is 8.49. The van der Waals surface area contributed by atoms with Gasteiger partial charge in [0.1, 0.15) is 0 Å². The highest BCUT2D eigenvalue weighted by Gasteiger charge is 2.34. The fourth-order valence-corrected chi connectivity index (χ4v) is 4.54. The minimum atomic E-state index is -0.408. The van der Waals surface area contributed by atoms with Crippen LogP contribution in [0.25, 0.3) is 0 Å². The van der Waals surface area contributed by atoms with E-state index in [1.165, 1.54) is 4.90 Å². The van der Waals surface area contributed by atoms with Gasteiger partial charge in [0, 0.05) is 18.7 Å². The summed E-state index contributed by atoms with van der Waals surface area (Å²) >= 11 is 5.35. The first-order chi connectivity index (χ1) is 13.4. The Kier molecular flexibility index (Phi) is 4.98. The topological polar surface area (TPSA) is 53.0 Å². The first kappa shape index (κ1) is 18.7. The van der Waals surface area contributed by atoms with Crippen molar-refractivity contribution >= 4 is 40.5 Å². The van der Waals surface area contributed by atoms with Gasteiger partial charge in [-0.05, 0) is 60.8 Å². The van der Waals surface area contributed by atoms with Crippen LogP contribution in [-0.2, 0) is 4.79 Å². The van der Waals surface area contributed by atoms with Crippen LogP contribution in [0.3, 0.4) is 0 Å². The Hall–Kier alpha value is -2.60. The Balaban J connectivity index is 1.55. The molecule has 1 aromatic rings. The number of piperidine rings is 1. The van der Waals surface area contributed by atoms with Gasteiger partial charge in [0.25, 0.3) is 5.91 Å². The van der Waals surface area contributed by atoms with Crippen molar-refractivity contribution in [2.75, 3.05) is 18.0 Å². The molecule has 2 heterocycles. The van der Waals surface area contributed by atoms with Gasteiger partial charge >= 0.3 is 0 Å². The SMILES string of the molecule is CC1CC(C)CN(C(=O)c2ccc(N3C(=O)C4C=CC=CC4=NC3=S)cc2)C1. The fraction of sp³-hybridized carbons (Fsp3) is 0.364. The molecular weight excluding hydrogens is 370 g/mol. The summed E-state index contributed by atoms with van der Waals surface area (Å²) in [4.78, 5) is 33.6. The predicted molar refractivity (Wildman–Crippen MR) is 115 cm³/mol. The average Bonchev–Trinajstić information content (AvgIpc) is 2.67. The fourth-order valence-electron chi connectivity index (χ4n) is 4.24. The van der Waals surface area contributed by atoms with Crippen molar-refractivity contribution in [2.24, 2.45) is 22.7 Å². The van der Waals surface area contributed by atoms with E-state index in [4.69, 9.17) is 12.2 Å². The second kappa shape index (κ2) is 7.43. The third-order valence-corrected chi connectivity index (χ3v) is 5.71. The Morgan fingerprint density at radius 2 is 1.79 bits per heavy atom. The van der Waals surface area contributed by atoms with Crippen LogP contribution < -0.4 is 4.90 Å². The molecule has 3 atom stereocenters. The minimum Gasteiger partial charge on any atom is -0.338 e. The largest absolute Gasteiger partial charge is 0.338 e. The average molecular weight is 394 g/mol. The number of benzene rings is 1. The van der Waals surface area contributed by atoms with Crippen molar-refractivity contribution in [2.45, 2.75) is 20.3 Å². The van der Waals surface area contributed by atoms with Crippen molar-refractivity contribution in [3.05, 3.63) is 54.1 Å². The van der Waals surface area contributed by atoms with Crippen molar-refractivity contribution in [3.63, 3.8) is 0 Å². The highest BCUT2D eigenvalue weighted by molar-refractivity contribution is 7.80. The number of allylic oxidation sites excluding steroid dienone is 3. The second-order valence-corrected chi connectivity index (χ2v) is 8.28. The van der Waals surface area contributed by atoms with Gasteiger partial charge in [-0.2, -0.15) is 0 Å². The number of nitrogens with zero attached hydrogens (tertiary/aromatic N) is 3. The van der Waals surface area contributed by atoms with Gasteiger partial charge in [-0.1, -0.05) is 32.1 Å². The molecular formula is C22H23N3O2S. The maximum absolute atomic E-state index is 12.9. The number of carbonyl (C=O) groups excluding carboxylic acids is 2. The van der Waals surface area contributed by atoms with Crippen LogP contribution in [0.1, 0.15) is 30.6 Å². The molecule has 0 saturated carbocycles. The van der Waals surface area contributed by atoms with Crippen molar-refractivity contribution < 1.29 is 9.59 Å². The summed E-state index contributed by atoms with van der Waals surface area (Å²) in [5, 5.41) is 0.231. The number of carbonyl (C=O) groups is 2. The highest BCUT2D eigenvalue weighted by atomic mass is 32.1. The van der Waals surface area contributed by atoms with E-state index in [1.54, 1.807) is 24.3 Å². The monoisotopic (exact) mass is 393 g/mol. The standard InChI is InChI=1S/C22H23N3O2S/c1-14-11-15(2)13-24(12-14)20(26)16-7-9-17(10-8-16)25-21(27)18-5-3-4-6-19(18)23-22(25)28/h3-10,14-15,18H,11-13H2,1-2H3. The molecule has 0 bridgehead atoms. The molecule has 0 N–H and O–H groups in total. The van der Waals surface area contributed by atoms with Crippen LogP contribution in [-0.4, -0.2) is 40.6 Å². The van der Waals surface area contributed by atoms with Gasteiger partial charge in [-0.25, -0.2) is 4.99 Å². The summed E-state index contributed by atoms with van der Waals surface area (Å²) in [6, 6.07) is 7.09. The maximum atomic E-state index is 12.9. The summed E-state index contributed by atoms with van der Waals surface area (Å²) in [5.74, 6) is 0.542. The lowest BCUT2D eigenvalue weighted by molar-refractivity contribution is -0.118. The second-order valence-electron chi connectivity index (χ2n) is 7.92. The molecule has 1 saturated heterocycles. The third-order valence-electron chi connectivity index (χ3n) is 5.43. The number of anilines is 1. The Labute approximate surface area is 170 Å². The third kappa shape index (κ3) is 3.44. The Morgan fingerprint density at radius 1 is 1.11 bits per heavy atom. The quantitative estimate of drug-likeness (QED) is 0.721. The first-order valence-electron chi connectivity index (χ1n) is 9.64. The minimum absolute atomic E-state index is 0.0400. The zero-order chi connectivity index (χ0) is 19.8. The van der Waals surface area contributed by atoms with Gasteiger partial charge in [0.2, 0.25) is 11.0 Å². The smallest absolute Gasteiger partial charge is 0.253 e. The molecule has 0 aromatic heterocycles. The molecule has 1 aliphatic carbocycles. The lowest BCUT2D eigenvalue weighted by atomic mass is 9.91. The van der Waals surface area contributed by atoms with Gasteiger partial charge in [0.15, 0.2) is 0 Å². The molecule has 3 unspecified atom stereocenters. The number of amides is 2. The molecule has 2 amide bonds. The van der Waals surface area contributed by atoms with Crippen LogP contribution in [0, 0.1) is 17.8 Å². The van der Waals surface area contributed by atoms with Gasteiger partial charge in [-0.3, -0.25) is 14.5 Å². The van der Waals surface area contributed by atoms with E-state index in [9.17, 15) is 9.59 Å². The molecule has 144 valence electrons. The van der Waals surface area contributed by atoms with E-state index >= 15 is 0 Å². The molecule has 1 aromatic carbocycles. The molecule has 4 rings (SSSR count). The van der Waals surface area contributed by atoms with Gasteiger partial charge in [-0.15, -0.1) is 0 Å². The highest BCUT2D eigenvalue weighted by Crippen LogP contribution is 2.27. The number of likely N-dealkylation sites (tertiary alicyclic amines) is 1. The number of thiocarbonyl (C=S) groups is 1. The molecule has 0 radical (unpaired) electrons. The molecule has 0 spiro atoms. The molecule has 6 heteroatoms. The van der Waals surface area contributed by atoms with E-state index in [0.717, 1.165) is 19.5 Å². The molecule has 5 nitrogen and oxygen atoms in total. The van der Waals surface area contributed by atoms with Crippen molar-refractivity contribution in [1.82, 2.24) is 4.90 Å². The molecule has 1 fully saturated rings. The summed E-state index contributed by atoms with van der Waals surface area (Å²) in [5.41, 5.74) is 1.94. The number of hydrogen-bond donors (Lipinski definition) is 0. The van der Waals surface area contributed by atoms with E-state index in [0.29, 0.717) is 28.8 Å². The van der Waals surface area contributed by atoms with Crippen LogP contribution in [0.4, 0.5) is 5.69 Å². The zero-order valence-corrected chi connectivity index (χ0v) is 16.9. The molecule has 2 aliphatic heterocycles. The lowest BCUT2D eigenvalue weighted by Crippen LogP contribution is -2.46. The predicted octanol–water partition coefficient (Wildman–Crippen LogP) is 3.62. The molecule has 28 heavy (non-hydrogen) atoms. The zero-order valence-electron chi connectivity index (χ0n) is 16.0. The van der Waals surface area contributed by atoms with Crippen LogP contribution >= 0.6 is 12.2 Å². The molecule has 3 aliphatic rings. The Bertz CT molecular complexity index is 906. The number of hydrogen-bond acceptors (Lipinski definition) is 3. The van der Waals surface area contributed by atoms with Crippen molar-refractivity contribution in [1.29, 1.82) is 0 Å². The summed E-state index contributed by atoms with van der Waals surface area (Å²) < 4.78 is 0. The lowest BCUT2D eigenvalue weighted by Gasteiger charge is -2.35. The van der Waals surface area contributed by atoms with E-state index in [1.807, 2.05) is 29.2 Å². The normalized spacial score (nSPS) is 26.9. The maximum Gasteiger partial charge on any atom is 0.253 e. The van der Waals surface area contributed by atoms with Crippen LogP contribution in [0.5, 0.6) is 0 Å². The van der Waals surface area contributed by atoms with Crippen LogP contribution in [0.2, 0.25) is 0 Å². The Morgan fingerprint density at radius 3 is 2.46 bits per heavy atom. The van der Waals surface area contributed by atoms with Crippen molar-refractivity contribution in [3.8, 4) is 0 Å². The summed E-state index contributed by atoms with van der Waals surface area (Å²) in [6.45, 7) is 5.95.